The Bertz CT molecular complexity index is 457. The Morgan fingerprint density at radius 2 is 1.96 bits per heavy atom. The minimum atomic E-state index is -0.493. The lowest BCUT2D eigenvalue weighted by Crippen LogP contribution is -2.86. The first-order valence-electron chi connectivity index (χ1n) is 8.18. The van der Waals surface area contributed by atoms with Crippen molar-refractivity contribution in [2.75, 3.05) is 40.5 Å². The second-order valence-electron chi connectivity index (χ2n) is 6.74. The average Bonchev–Trinajstić information content (AvgIpc) is 2.51. The van der Waals surface area contributed by atoms with Crippen LogP contribution in [0.1, 0.15) is 32.8 Å². The highest BCUT2D eigenvalue weighted by Gasteiger charge is 2.20. The summed E-state index contributed by atoms with van der Waals surface area (Å²) in [5, 5.41) is 12.1. The number of ether oxygens (including phenoxy) is 3. The highest BCUT2D eigenvalue weighted by atomic mass is 16.5. The van der Waals surface area contributed by atoms with Gasteiger partial charge in [-0.25, -0.2) is 0 Å². The molecule has 0 aliphatic carbocycles. The van der Waals surface area contributed by atoms with Gasteiger partial charge in [0.25, 0.3) is 0 Å². The first-order valence-corrected chi connectivity index (χ1v) is 8.18. The van der Waals surface area contributed by atoms with Crippen LogP contribution in [0.2, 0.25) is 0 Å². The third-order valence-electron chi connectivity index (χ3n) is 3.62. The maximum atomic E-state index is 10.0. The third kappa shape index (κ3) is 7.20. The van der Waals surface area contributed by atoms with Gasteiger partial charge in [-0.15, -0.1) is 0 Å². The molecule has 5 heteroatoms. The van der Waals surface area contributed by atoms with Crippen LogP contribution in [-0.4, -0.2) is 51.7 Å². The van der Waals surface area contributed by atoms with Crippen molar-refractivity contribution in [3.8, 4) is 11.5 Å². The number of benzene rings is 1. The average molecular weight is 326 g/mol. The molecule has 0 saturated carbocycles. The highest BCUT2D eigenvalue weighted by Crippen LogP contribution is 2.34. The highest BCUT2D eigenvalue weighted by molar-refractivity contribution is 5.44. The standard InChI is InChI=1S/C18H31NO4/c1-18(2,3)16-11-15(22-5)7-8-17(16)23-13-14(20)12-19-9-6-10-21-4/h7-8,11,14,19-20H,6,9-10,12-13H2,1-5H3/p+1/t14-/m0/s1. The topological polar surface area (TPSA) is 64.5 Å². The van der Waals surface area contributed by atoms with Gasteiger partial charge in [0.1, 0.15) is 30.8 Å². The van der Waals surface area contributed by atoms with E-state index in [1.54, 1.807) is 14.2 Å². The summed E-state index contributed by atoms with van der Waals surface area (Å²) in [5.41, 5.74) is 1.02. The van der Waals surface area contributed by atoms with E-state index < -0.39 is 6.10 Å². The van der Waals surface area contributed by atoms with Crippen molar-refractivity contribution in [1.82, 2.24) is 0 Å². The SMILES string of the molecule is COCCC[NH2+]C[C@H](O)COc1ccc(OC)cc1C(C)(C)C. The molecule has 0 heterocycles. The van der Waals surface area contributed by atoms with E-state index in [4.69, 9.17) is 14.2 Å². The van der Waals surface area contributed by atoms with Crippen molar-refractivity contribution in [3.05, 3.63) is 23.8 Å². The zero-order chi connectivity index (χ0) is 17.3. The number of rotatable bonds is 10. The van der Waals surface area contributed by atoms with Crippen LogP contribution in [0.4, 0.5) is 0 Å². The molecule has 1 aromatic rings. The van der Waals surface area contributed by atoms with Crippen LogP contribution < -0.4 is 14.8 Å². The Balaban J connectivity index is 2.53. The smallest absolute Gasteiger partial charge is 0.137 e. The second-order valence-corrected chi connectivity index (χ2v) is 6.74. The fourth-order valence-electron chi connectivity index (χ4n) is 2.28. The van der Waals surface area contributed by atoms with Gasteiger partial charge < -0.3 is 24.6 Å². The first kappa shape index (κ1) is 19.7. The molecule has 132 valence electrons. The summed E-state index contributed by atoms with van der Waals surface area (Å²) in [4.78, 5) is 0. The van der Waals surface area contributed by atoms with Crippen LogP contribution in [0.3, 0.4) is 0 Å². The summed E-state index contributed by atoms with van der Waals surface area (Å²) in [5.74, 6) is 1.62. The molecular formula is C18H32NO4+. The van der Waals surface area contributed by atoms with Crippen LogP contribution in [-0.2, 0) is 10.2 Å². The van der Waals surface area contributed by atoms with E-state index in [2.05, 4.69) is 26.1 Å². The van der Waals surface area contributed by atoms with Gasteiger partial charge in [-0.1, -0.05) is 20.8 Å². The van der Waals surface area contributed by atoms with E-state index in [1.807, 2.05) is 18.2 Å². The van der Waals surface area contributed by atoms with E-state index in [-0.39, 0.29) is 12.0 Å². The lowest BCUT2D eigenvalue weighted by atomic mass is 9.86. The Labute approximate surface area is 139 Å². The predicted octanol–water partition coefficient (Wildman–Crippen LogP) is 1.33. The Morgan fingerprint density at radius 1 is 1.22 bits per heavy atom. The number of aliphatic hydroxyl groups is 1. The molecule has 0 aliphatic rings. The molecule has 0 saturated heterocycles. The molecule has 1 rings (SSSR count). The Hall–Kier alpha value is -1.30. The van der Waals surface area contributed by atoms with Gasteiger partial charge in [0, 0.05) is 19.1 Å². The van der Waals surface area contributed by atoms with Crippen molar-refractivity contribution in [3.63, 3.8) is 0 Å². The van der Waals surface area contributed by atoms with Gasteiger partial charge in [0.15, 0.2) is 0 Å². The van der Waals surface area contributed by atoms with Crippen LogP contribution in [0, 0.1) is 0 Å². The van der Waals surface area contributed by atoms with Gasteiger partial charge in [-0.05, 0) is 23.6 Å². The van der Waals surface area contributed by atoms with Crippen molar-refractivity contribution < 1.29 is 24.6 Å². The molecule has 0 aliphatic heterocycles. The molecule has 0 amide bonds. The molecule has 3 N–H and O–H groups in total. The summed E-state index contributed by atoms with van der Waals surface area (Å²) in [6, 6.07) is 5.79. The number of methoxy groups -OCH3 is 2. The van der Waals surface area contributed by atoms with E-state index in [9.17, 15) is 5.11 Å². The molecule has 0 bridgehead atoms. The maximum absolute atomic E-state index is 10.0. The summed E-state index contributed by atoms with van der Waals surface area (Å²) in [7, 11) is 3.36. The summed E-state index contributed by atoms with van der Waals surface area (Å²) in [6.45, 7) is 9.02. The molecule has 0 spiro atoms. The van der Waals surface area contributed by atoms with Gasteiger partial charge in [-0.2, -0.15) is 0 Å². The fraction of sp³-hybridized carbons (Fsp3) is 0.667. The largest absolute Gasteiger partial charge is 0.497 e. The fourth-order valence-corrected chi connectivity index (χ4v) is 2.28. The molecular weight excluding hydrogens is 294 g/mol. The first-order chi connectivity index (χ1) is 10.9. The van der Waals surface area contributed by atoms with Crippen LogP contribution >= 0.6 is 0 Å². The molecule has 23 heavy (non-hydrogen) atoms. The lowest BCUT2D eigenvalue weighted by molar-refractivity contribution is -0.661. The number of hydrogen-bond acceptors (Lipinski definition) is 4. The molecule has 1 atom stereocenters. The number of aliphatic hydroxyl groups excluding tert-OH is 1. The lowest BCUT2D eigenvalue weighted by Gasteiger charge is -2.24. The van der Waals surface area contributed by atoms with E-state index in [0.717, 1.165) is 36.6 Å². The summed E-state index contributed by atoms with van der Waals surface area (Å²) >= 11 is 0. The normalized spacial score (nSPS) is 13.0. The zero-order valence-electron chi connectivity index (χ0n) is 15.1. The number of quaternary nitrogens is 1. The van der Waals surface area contributed by atoms with Crippen LogP contribution in [0.25, 0.3) is 0 Å². The Kier molecular flexibility index (Phi) is 8.37. The van der Waals surface area contributed by atoms with E-state index >= 15 is 0 Å². The van der Waals surface area contributed by atoms with Gasteiger partial charge in [-0.3, -0.25) is 0 Å². The molecule has 5 nitrogen and oxygen atoms in total. The van der Waals surface area contributed by atoms with Crippen molar-refractivity contribution >= 4 is 0 Å². The molecule has 1 aromatic carbocycles. The minimum Gasteiger partial charge on any atom is -0.497 e. The zero-order valence-corrected chi connectivity index (χ0v) is 15.1. The van der Waals surface area contributed by atoms with E-state index in [1.165, 1.54) is 0 Å². The van der Waals surface area contributed by atoms with Crippen LogP contribution in [0.5, 0.6) is 11.5 Å². The van der Waals surface area contributed by atoms with Gasteiger partial charge in [0.2, 0.25) is 0 Å². The van der Waals surface area contributed by atoms with E-state index in [0.29, 0.717) is 6.54 Å². The van der Waals surface area contributed by atoms with Gasteiger partial charge >= 0.3 is 0 Å². The molecule has 0 unspecified atom stereocenters. The third-order valence-corrected chi connectivity index (χ3v) is 3.62. The summed E-state index contributed by atoms with van der Waals surface area (Å²) < 4.78 is 16.1. The van der Waals surface area contributed by atoms with Crippen molar-refractivity contribution in [1.29, 1.82) is 0 Å². The number of hydrogen-bond donors (Lipinski definition) is 2. The maximum Gasteiger partial charge on any atom is 0.137 e. The predicted molar refractivity (Wildman–Crippen MR) is 91.3 cm³/mol. The second kappa shape index (κ2) is 9.75. The van der Waals surface area contributed by atoms with Crippen LogP contribution in [0.15, 0.2) is 18.2 Å². The molecule has 0 radical (unpaired) electrons. The monoisotopic (exact) mass is 326 g/mol. The molecule has 0 fully saturated rings. The summed E-state index contributed by atoms with van der Waals surface area (Å²) in [6.07, 6.45) is 0.490. The van der Waals surface area contributed by atoms with Gasteiger partial charge in [0.05, 0.1) is 20.3 Å². The van der Waals surface area contributed by atoms with Crippen molar-refractivity contribution in [2.45, 2.75) is 38.7 Å². The quantitative estimate of drug-likeness (QED) is 0.637. The minimum absolute atomic E-state index is 0.0545. The number of nitrogens with two attached hydrogens (primary N) is 1. The van der Waals surface area contributed by atoms with Crippen molar-refractivity contribution in [2.24, 2.45) is 0 Å². The Morgan fingerprint density at radius 3 is 2.57 bits per heavy atom. The molecule has 0 aromatic heterocycles.